The zero-order valence-electron chi connectivity index (χ0n) is 9.98. The number of thioether (sulfide) groups is 1. The molecule has 0 fully saturated rings. The molecule has 0 bridgehead atoms. The Hall–Kier alpha value is -1.50. The maximum Gasteiger partial charge on any atom is 0.277 e. The molecule has 8 heteroatoms. The predicted octanol–water partition coefficient (Wildman–Crippen LogP) is 3.25. The first-order valence-electron chi connectivity index (χ1n) is 5.63. The van der Waals surface area contributed by atoms with Crippen LogP contribution in [0.15, 0.2) is 34.5 Å². The van der Waals surface area contributed by atoms with Gasteiger partial charge in [-0.25, -0.2) is 9.97 Å². The summed E-state index contributed by atoms with van der Waals surface area (Å²) in [6.07, 6.45) is 1.44. The van der Waals surface area contributed by atoms with Crippen LogP contribution >= 0.6 is 35.0 Å². The van der Waals surface area contributed by atoms with Crippen LogP contribution in [0.2, 0.25) is 10.0 Å². The van der Waals surface area contributed by atoms with E-state index in [9.17, 15) is 4.79 Å². The van der Waals surface area contributed by atoms with Crippen LogP contribution in [0.1, 0.15) is 5.56 Å². The van der Waals surface area contributed by atoms with Crippen molar-refractivity contribution in [3.05, 3.63) is 50.5 Å². The number of aromatic amines is 2. The number of hydrogen-bond donors (Lipinski definition) is 2. The second-order valence-corrected chi connectivity index (χ2v) is 5.80. The summed E-state index contributed by atoms with van der Waals surface area (Å²) in [6, 6.07) is 5.31. The van der Waals surface area contributed by atoms with Gasteiger partial charge < -0.3 is 4.98 Å². The van der Waals surface area contributed by atoms with Gasteiger partial charge in [0, 0.05) is 15.8 Å². The summed E-state index contributed by atoms with van der Waals surface area (Å²) in [5.41, 5.74) is 1.46. The van der Waals surface area contributed by atoms with Crippen LogP contribution in [0.3, 0.4) is 0 Å². The molecule has 0 unspecified atom stereocenters. The minimum Gasteiger partial charge on any atom is -0.339 e. The van der Waals surface area contributed by atoms with Crippen molar-refractivity contribution < 1.29 is 0 Å². The molecule has 0 aliphatic carbocycles. The Kier molecular flexibility index (Phi) is 3.69. The highest BCUT2D eigenvalue weighted by molar-refractivity contribution is 7.98. The van der Waals surface area contributed by atoms with Gasteiger partial charge in [0.05, 0.1) is 6.33 Å². The van der Waals surface area contributed by atoms with Crippen molar-refractivity contribution in [1.29, 1.82) is 0 Å². The molecule has 0 aliphatic rings. The normalized spacial score (nSPS) is 11.1. The van der Waals surface area contributed by atoms with Gasteiger partial charge in [-0.2, -0.15) is 0 Å². The number of H-pyrrole nitrogens is 2. The number of halogens is 2. The van der Waals surface area contributed by atoms with Gasteiger partial charge >= 0.3 is 0 Å². The SMILES string of the molecule is O=c1[nH]c(SCc2ccc(Cl)cc2Cl)nc2nc[nH]c12. The summed E-state index contributed by atoms with van der Waals surface area (Å²) >= 11 is 13.3. The fourth-order valence-corrected chi connectivity index (χ4v) is 3.09. The van der Waals surface area contributed by atoms with Gasteiger partial charge in [0.15, 0.2) is 16.3 Å². The first-order valence-corrected chi connectivity index (χ1v) is 7.38. The molecule has 20 heavy (non-hydrogen) atoms. The predicted molar refractivity (Wildman–Crippen MR) is 80.5 cm³/mol. The van der Waals surface area contributed by atoms with Crippen LogP contribution in [0.25, 0.3) is 11.2 Å². The number of aromatic nitrogens is 4. The quantitative estimate of drug-likeness (QED) is 0.572. The van der Waals surface area contributed by atoms with Crippen molar-refractivity contribution >= 4 is 46.1 Å². The highest BCUT2D eigenvalue weighted by Gasteiger charge is 2.08. The van der Waals surface area contributed by atoms with Gasteiger partial charge in [-0.15, -0.1) is 0 Å². The summed E-state index contributed by atoms with van der Waals surface area (Å²) in [6.45, 7) is 0. The molecule has 0 aliphatic heterocycles. The van der Waals surface area contributed by atoms with Crippen LogP contribution in [0.4, 0.5) is 0 Å². The maximum atomic E-state index is 11.8. The monoisotopic (exact) mass is 326 g/mol. The Morgan fingerprint density at radius 1 is 1.30 bits per heavy atom. The van der Waals surface area contributed by atoms with Gasteiger partial charge in [0.2, 0.25) is 0 Å². The Balaban J connectivity index is 1.84. The van der Waals surface area contributed by atoms with Gasteiger partial charge in [0.1, 0.15) is 0 Å². The largest absolute Gasteiger partial charge is 0.339 e. The zero-order chi connectivity index (χ0) is 14.1. The van der Waals surface area contributed by atoms with Crippen LogP contribution < -0.4 is 5.56 Å². The number of rotatable bonds is 3. The summed E-state index contributed by atoms with van der Waals surface area (Å²) in [5.74, 6) is 0.578. The first-order chi connectivity index (χ1) is 9.63. The molecule has 0 atom stereocenters. The van der Waals surface area contributed by atoms with Gasteiger partial charge in [-0.3, -0.25) is 9.78 Å². The minimum absolute atomic E-state index is 0.239. The van der Waals surface area contributed by atoms with Gasteiger partial charge in [0.25, 0.3) is 5.56 Å². The molecule has 0 amide bonds. The van der Waals surface area contributed by atoms with Crippen molar-refractivity contribution in [2.75, 3.05) is 0 Å². The summed E-state index contributed by atoms with van der Waals surface area (Å²) in [7, 11) is 0. The fraction of sp³-hybridized carbons (Fsp3) is 0.0833. The lowest BCUT2D eigenvalue weighted by Gasteiger charge is -2.04. The van der Waals surface area contributed by atoms with Crippen LogP contribution in [0.5, 0.6) is 0 Å². The van der Waals surface area contributed by atoms with E-state index in [0.717, 1.165) is 5.56 Å². The standard InChI is InChI=1S/C12H8Cl2N4OS/c13-7-2-1-6(8(14)3-7)4-20-12-17-10-9(11(19)18-12)15-5-16-10/h1-3,5H,4H2,(H2,15,16,17,18,19). The second kappa shape index (κ2) is 5.47. The van der Waals surface area contributed by atoms with Gasteiger partial charge in [-0.1, -0.05) is 41.0 Å². The lowest BCUT2D eigenvalue weighted by Crippen LogP contribution is -2.09. The third-order valence-electron chi connectivity index (χ3n) is 2.65. The smallest absolute Gasteiger partial charge is 0.277 e. The third kappa shape index (κ3) is 2.67. The molecule has 0 radical (unpaired) electrons. The van der Waals surface area contributed by atoms with Gasteiger partial charge in [-0.05, 0) is 17.7 Å². The van der Waals surface area contributed by atoms with E-state index >= 15 is 0 Å². The van der Waals surface area contributed by atoms with E-state index in [2.05, 4.69) is 19.9 Å². The Morgan fingerprint density at radius 2 is 2.15 bits per heavy atom. The molecule has 0 spiro atoms. The van der Waals surface area contributed by atoms with E-state index in [4.69, 9.17) is 23.2 Å². The molecule has 0 saturated carbocycles. The van der Waals surface area contributed by atoms with Crippen molar-refractivity contribution in [3.63, 3.8) is 0 Å². The second-order valence-electron chi connectivity index (χ2n) is 4.00. The Bertz CT molecular complexity index is 830. The molecule has 2 aromatic heterocycles. The molecule has 3 rings (SSSR count). The van der Waals surface area contributed by atoms with E-state index in [1.807, 2.05) is 6.07 Å². The number of benzene rings is 1. The number of nitrogens with zero attached hydrogens (tertiary/aromatic N) is 2. The molecule has 3 aromatic rings. The molecule has 102 valence electrons. The van der Waals surface area contributed by atoms with E-state index in [0.29, 0.717) is 32.1 Å². The number of imidazole rings is 1. The Labute approximate surface area is 127 Å². The van der Waals surface area contributed by atoms with Crippen molar-refractivity contribution in [2.24, 2.45) is 0 Å². The lowest BCUT2D eigenvalue weighted by molar-refractivity contribution is 0.964. The van der Waals surface area contributed by atoms with Crippen LogP contribution in [-0.4, -0.2) is 19.9 Å². The number of hydrogen-bond acceptors (Lipinski definition) is 4. The highest BCUT2D eigenvalue weighted by Crippen LogP contribution is 2.26. The average Bonchev–Trinajstić information content (AvgIpc) is 2.86. The summed E-state index contributed by atoms with van der Waals surface area (Å²) in [4.78, 5) is 25.4. The maximum absolute atomic E-state index is 11.8. The van der Waals surface area contributed by atoms with Crippen molar-refractivity contribution in [3.8, 4) is 0 Å². The number of nitrogens with one attached hydrogen (secondary N) is 2. The molecule has 2 heterocycles. The average molecular weight is 327 g/mol. The number of fused-ring (bicyclic) bond motifs is 1. The fourth-order valence-electron chi connectivity index (χ4n) is 1.68. The van der Waals surface area contributed by atoms with E-state index in [-0.39, 0.29) is 5.56 Å². The lowest BCUT2D eigenvalue weighted by atomic mass is 10.2. The van der Waals surface area contributed by atoms with E-state index in [1.165, 1.54) is 18.1 Å². The van der Waals surface area contributed by atoms with Crippen molar-refractivity contribution in [1.82, 2.24) is 19.9 Å². The Morgan fingerprint density at radius 3 is 2.95 bits per heavy atom. The summed E-state index contributed by atoms with van der Waals surface area (Å²) in [5, 5.41) is 1.68. The highest BCUT2D eigenvalue weighted by atomic mass is 35.5. The first kappa shape index (κ1) is 13.5. The minimum atomic E-state index is -0.239. The molecule has 1 aromatic carbocycles. The molecular weight excluding hydrogens is 319 g/mol. The molecule has 5 nitrogen and oxygen atoms in total. The molecule has 0 saturated heterocycles. The van der Waals surface area contributed by atoms with Crippen LogP contribution in [-0.2, 0) is 5.75 Å². The summed E-state index contributed by atoms with van der Waals surface area (Å²) < 4.78 is 0. The zero-order valence-corrected chi connectivity index (χ0v) is 12.3. The topological polar surface area (TPSA) is 74.4 Å². The van der Waals surface area contributed by atoms with E-state index < -0.39 is 0 Å². The van der Waals surface area contributed by atoms with Crippen molar-refractivity contribution in [2.45, 2.75) is 10.9 Å². The van der Waals surface area contributed by atoms with E-state index in [1.54, 1.807) is 12.1 Å². The third-order valence-corrected chi connectivity index (χ3v) is 4.16. The molecule has 2 N–H and O–H groups in total. The van der Waals surface area contributed by atoms with Crippen LogP contribution in [0, 0.1) is 0 Å². The molecular formula is C12H8Cl2N4OS.